The molecule has 0 aliphatic heterocycles. The lowest BCUT2D eigenvalue weighted by Gasteiger charge is -2.26. The Bertz CT molecular complexity index is 582. The second kappa shape index (κ2) is 6.17. The highest BCUT2D eigenvalue weighted by molar-refractivity contribution is 6.20. The molecule has 0 saturated carbocycles. The molecule has 110 valence electrons. The second-order valence-electron chi connectivity index (χ2n) is 5.77. The third-order valence-corrected chi connectivity index (χ3v) is 4.56. The molecule has 2 nitrogen and oxygen atoms in total. The summed E-state index contributed by atoms with van der Waals surface area (Å²) >= 11 is 6.37. The second-order valence-corrected chi connectivity index (χ2v) is 6.42. The van der Waals surface area contributed by atoms with E-state index in [4.69, 9.17) is 16.6 Å². The summed E-state index contributed by atoms with van der Waals surface area (Å²) in [6.07, 6.45) is 2.36. The Labute approximate surface area is 127 Å². The van der Waals surface area contributed by atoms with Gasteiger partial charge in [0.05, 0.1) is 16.4 Å². The van der Waals surface area contributed by atoms with Crippen LogP contribution >= 0.6 is 11.6 Å². The van der Waals surface area contributed by atoms with E-state index in [9.17, 15) is 0 Å². The van der Waals surface area contributed by atoms with Crippen LogP contribution < -0.4 is 0 Å². The first-order valence-corrected chi connectivity index (χ1v) is 8.05. The molecule has 2 unspecified atom stereocenters. The summed E-state index contributed by atoms with van der Waals surface area (Å²) in [7, 11) is 0. The molecule has 3 heteroatoms. The number of imidazole rings is 1. The number of hydrogen-bond acceptors (Lipinski definition) is 1. The Morgan fingerprint density at radius 2 is 1.85 bits per heavy atom. The summed E-state index contributed by atoms with van der Waals surface area (Å²) in [5, 5.41) is -0.0699. The number of hydrogen-bond donors (Lipinski definition) is 0. The van der Waals surface area contributed by atoms with Crippen molar-refractivity contribution < 1.29 is 0 Å². The zero-order valence-corrected chi connectivity index (χ0v) is 13.9. The van der Waals surface area contributed by atoms with Crippen molar-refractivity contribution in [3.8, 4) is 0 Å². The molecule has 0 saturated heterocycles. The fourth-order valence-corrected chi connectivity index (χ4v) is 3.27. The monoisotopic (exact) mass is 292 g/mol. The van der Waals surface area contributed by atoms with Crippen LogP contribution in [0.25, 0.3) is 11.0 Å². The van der Waals surface area contributed by atoms with Crippen molar-refractivity contribution in [3.05, 3.63) is 29.6 Å². The van der Waals surface area contributed by atoms with Crippen LogP contribution in [-0.4, -0.2) is 9.55 Å². The Kier molecular flexibility index (Phi) is 4.74. The molecule has 0 radical (unpaired) electrons. The molecule has 0 amide bonds. The van der Waals surface area contributed by atoms with Gasteiger partial charge in [0.2, 0.25) is 0 Å². The van der Waals surface area contributed by atoms with E-state index in [0.29, 0.717) is 12.0 Å². The summed E-state index contributed by atoms with van der Waals surface area (Å²) in [4.78, 5) is 4.78. The highest BCUT2D eigenvalue weighted by Crippen LogP contribution is 2.33. The molecular formula is C17H25ClN2. The molecule has 1 aromatic heterocycles. The van der Waals surface area contributed by atoms with Crippen LogP contribution in [0, 0.1) is 12.8 Å². The van der Waals surface area contributed by atoms with Crippen molar-refractivity contribution in [2.75, 3.05) is 0 Å². The third kappa shape index (κ3) is 2.71. The van der Waals surface area contributed by atoms with Gasteiger partial charge in [0, 0.05) is 6.04 Å². The van der Waals surface area contributed by atoms with E-state index < -0.39 is 0 Å². The standard InChI is InChI=1S/C17H25ClN2/c1-6-14(7-2)13(5)20-16-9-8-11(3)10-15(16)19-17(20)12(4)18/h8-10,12-14H,6-7H2,1-5H3. The van der Waals surface area contributed by atoms with Crippen molar-refractivity contribution in [3.63, 3.8) is 0 Å². The first-order valence-electron chi connectivity index (χ1n) is 7.62. The lowest BCUT2D eigenvalue weighted by atomic mass is 9.95. The molecule has 1 heterocycles. The van der Waals surface area contributed by atoms with Gasteiger partial charge in [-0.05, 0) is 44.4 Å². The van der Waals surface area contributed by atoms with Gasteiger partial charge >= 0.3 is 0 Å². The number of halogens is 1. The van der Waals surface area contributed by atoms with Crippen molar-refractivity contribution in [2.45, 2.75) is 58.9 Å². The fourth-order valence-electron chi connectivity index (χ4n) is 3.12. The smallest absolute Gasteiger partial charge is 0.127 e. The number of rotatable bonds is 5. The molecule has 0 aliphatic carbocycles. The average Bonchev–Trinajstić information content (AvgIpc) is 2.78. The number of aromatic nitrogens is 2. The Morgan fingerprint density at radius 3 is 2.40 bits per heavy atom. The topological polar surface area (TPSA) is 17.8 Å². The zero-order valence-electron chi connectivity index (χ0n) is 13.2. The number of nitrogens with zero attached hydrogens (tertiary/aromatic N) is 2. The molecule has 0 aliphatic rings. The highest BCUT2D eigenvalue weighted by Gasteiger charge is 2.23. The Morgan fingerprint density at radius 1 is 1.20 bits per heavy atom. The van der Waals surface area contributed by atoms with Crippen molar-refractivity contribution in [1.29, 1.82) is 0 Å². The Balaban J connectivity index is 2.62. The molecule has 20 heavy (non-hydrogen) atoms. The van der Waals surface area contributed by atoms with E-state index in [1.165, 1.54) is 23.9 Å². The van der Waals surface area contributed by atoms with Gasteiger partial charge in [-0.1, -0.05) is 32.8 Å². The van der Waals surface area contributed by atoms with E-state index in [-0.39, 0.29) is 5.38 Å². The van der Waals surface area contributed by atoms with Gasteiger partial charge in [-0.2, -0.15) is 0 Å². The average molecular weight is 293 g/mol. The van der Waals surface area contributed by atoms with Crippen LogP contribution in [0.3, 0.4) is 0 Å². The van der Waals surface area contributed by atoms with Gasteiger partial charge in [-0.25, -0.2) is 4.98 Å². The van der Waals surface area contributed by atoms with Gasteiger partial charge in [-0.3, -0.25) is 0 Å². The molecule has 0 N–H and O–H groups in total. The van der Waals surface area contributed by atoms with Crippen molar-refractivity contribution in [2.24, 2.45) is 5.92 Å². The number of alkyl halides is 1. The van der Waals surface area contributed by atoms with Crippen LogP contribution in [0.2, 0.25) is 0 Å². The first kappa shape index (κ1) is 15.4. The molecule has 2 rings (SSSR count). The predicted molar refractivity (Wildman–Crippen MR) is 87.5 cm³/mol. The lowest BCUT2D eigenvalue weighted by molar-refractivity contribution is 0.332. The molecule has 0 fully saturated rings. The lowest BCUT2D eigenvalue weighted by Crippen LogP contribution is -2.18. The van der Waals surface area contributed by atoms with Crippen LogP contribution in [0.4, 0.5) is 0 Å². The molecule has 0 bridgehead atoms. The number of fused-ring (bicyclic) bond motifs is 1. The largest absolute Gasteiger partial charge is 0.324 e. The predicted octanol–water partition coefficient (Wildman–Crippen LogP) is 5.64. The van der Waals surface area contributed by atoms with E-state index in [1.807, 2.05) is 6.92 Å². The van der Waals surface area contributed by atoms with Gasteiger partial charge in [0.25, 0.3) is 0 Å². The minimum atomic E-state index is -0.0699. The van der Waals surface area contributed by atoms with Crippen LogP contribution in [0.1, 0.15) is 63.3 Å². The molecule has 2 atom stereocenters. The molecule has 1 aromatic carbocycles. The third-order valence-electron chi connectivity index (χ3n) is 4.37. The van der Waals surface area contributed by atoms with Crippen LogP contribution in [0.5, 0.6) is 0 Å². The maximum absolute atomic E-state index is 6.37. The summed E-state index contributed by atoms with van der Waals surface area (Å²) in [5.74, 6) is 1.65. The molecular weight excluding hydrogens is 268 g/mol. The van der Waals surface area contributed by atoms with E-state index in [1.54, 1.807) is 0 Å². The highest BCUT2D eigenvalue weighted by atomic mass is 35.5. The quantitative estimate of drug-likeness (QED) is 0.652. The number of benzene rings is 1. The van der Waals surface area contributed by atoms with Crippen molar-refractivity contribution in [1.82, 2.24) is 9.55 Å². The van der Waals surface area contributed by atoms with Crippen LogP contribution in [-0.2, 0) is 0 Å². The normalized spacial score (nSPS) is 14.9. The van der Waals surface area contributed by atoms with Gasteiger partial charge in [-0.15, -0.1) is 11.6 Å². The van der Waals surface area contributed by atoms with Crippen LogP contribution in [0.15, 0.2) is 18.2 Å². The van der Waals surface area contributed by atoms with Gasteiger partial charge < -0.3 is 4.57 Å². The molecule has 0 spiro atoms. The molecule has 2 aromatic rings. The summed E-state index contributed by atoms with van der Waals surface area (Å²) in [6, 6.07) is 6.91. The van der Waals surface area contributed by atoms with E-state index in [2.05, 4.69) is 50.5 Å². The van der Waals surface area contributed by atoms with Crippen molar-refractivity contribution >= 4 is 22.6 Å². The fraction of sp³-hybridized carbons (Fsp3) is 0.588. The summed E-state index contributed by atoms with van der Waals surface area (Å²) < 4.78 is 2.35. The first-order chi connectivity index (χ1) is 9.49. The van der Waals surface area contributed by atoms with E-state index in [0.717, 1.165) is 11.3 Å². The maximum Gasteiger partial charge on any atom is 0.127 e. The SMILES string of the molecule is CCC(CC)C(C)n1c(C(C)Cl)nc2cc(C)ccc21. The minimum Gasteiger partial charge on any atom is -0.324 e. The van der Waals surface area contributed by atoms with E-state index >= 15 is 0 Å². The summed E-state index contributed by atoms with van der Waals surface area (Å²) in [6.45, 7) is 10.9. The minimum absolute atomic E-state index is 0.0699. The zero-order chi connectivity index (χ0) is 14.9. The summed E-state index contributed by atoms with van der Waals surface area (Å²) in [5.41, 5.74) is 3.51. The van der Waals surface area contributed by atoms with Gasteiger partial charge in [0.1, 0.15) is 5.82 Å². The number of aryl methyl sites for hydroxylation is 1. The van der Waals surface area contributed by atoms with Gasteiger partial charge in [0.15, 0.2) is 0 Å². The Hall–Kier alpha value is -1.02. The maximum atomic E-state index is 6.37.